The van der Waals surface area contributed by atoms with Crippen molar-refractivity contribution in [3.63, 3.8) is 0 Å². The molecule has 0 bridgehead atoms. The molecular formula is C14H13F3. The number of hydrogen-bond donors (Lipinski definition) is 0. The maximum absolute atomic E-state index is 13.7. The van der Waals surface area contributed by atoms with E-state index in [0.29, 0.717) is 5.57 Å². The fourth-order valence-electron chi connectivity index (χ4n) is 1.65. The van der Waals surface area contributed by atoms with Gasteiger partial charge in [-0.25, -0.2) is 13.2 Å². The van der Waals surface area contributed by atoms with Crippen molar-refractivity contribution < 1.29 is 13.2 Å². The van der Waals surface area contributed by atoms with E-state index in [1.807, 2.05) is 0 Å². The van der Waals surface area contributed by atoms with Crippen LogP contribution in [0.25, 0.3) is 17.7 Å². The highest BCUT2D eigenvalue weighted by atomic mass is 19.2. The van der Waals surface area contributed by atoms with Gasteiger partial charge in [0.15, 0.2) is 17.5 Å². The first-order valence-electron chi connectivity index (χ1n) is 5.07. The highest BCUT2D eigenvalue weighted by molar-refractivity contribution is 5.78. The van der Waals surface area contributed by atoms with Crippen LogP contribution in [-0.2, 0) is 0 Å². The zero-order valence-electron chi connectivity index (χ0n) is 9.78. The number of halogens is 3. The first-order valence-corrected chi connectivity index (χ1v) is 5.07. The van der Waals surface area contributed by atoms with Crippen LogP contribution in [0.3, 0.4) is 0 Å². The Labute approximate surface area is 98.8 Å². The van der Waals surface area contributed by atoms with E-state index in [1.165, 1.54) is 19.1 Å². The van der Waals surface area contributed by atoms with Gasteiger partial charge in [0.05, 0.1) is 0 Å². The quantitative estimate of drug-likeness (QED) is 0.663. The summed E-state index contributed by atoms with van der Waals surface area (Å²) < 4.78 is 40.6. The van der Waals surface area contributed by atoms with Crippen LogP contribution in [0.15, 0.2) is 19.2 Å². The minimum Gasteiger partial charge on any atom is -0.203 e. The summed E-state index contributed by atoms with van der Waals surface area (Å²) in [6.07, 6.45) is 4.29. The number of rotatable bonds is 3. The van der Waals surface area contributed by atoms with E-state index in [1.54, 1.807) is 13.0 Å². The van der Waals surface area contributed by atoms with Gasteiger partial charge >= 0.3 is 0 Å². The molecule has 3 heteroatoms. The lowest BCUT2D eigenvalue weighted by Gasteiger charge is -2.13. The van der Waals surface area contributed by atoms with E-state index in [2.05, 4.69) is 13.2 Å². The molecule has 0 aromatic heterocycles. The summed E-state index contributed by atoms with van der Waals surface area (Å²) in [5.74, 6) is -3.93. The Hall–Kier alpha value is -1.77. The van der Waals surface area contributed by atoms with Gasteiger partial charge in [-0.3, -0.25) is 0 Å². The maximum atomic E-state index is 13.7. The van der Waals surface area contributed by atoms with Crippen molar-refractivity contribution in [3.8, 4) is 0 Å². The monoisotopic (exact) mass is 238 g/mol. The molecule has 0 radical (unpaired) electrons. The predicted molar refractivity (Wildman–Crippen MR) is 65.8 cm³/mol. The van der Waals surface area contributed by atoms with E-state index in [-0.39, 0.29) is 16.7 Å². The number of allylic oxidation sites excluding steroid dienone is 2. The van der Waals surface area contributed by atoms with Crippen molar-refractivity contribution in [2.24, 2.45) is 0 Å². The normalized spacial score (nSPS) is 10.9. The second-order valence-corrected chi connectivity index (χ2v) is 3.63. The van der Waals surface area contributed by atoms with Crippen LogP contribution < -0.4 is 0 Å². The Bertz CT molecular complexity index is 511. The Morgan fingerprint density at radius 2 is 1.65 bits per heavy atom. The average molecular weight is 238 g/mol. The van der Waals surface area contributed by atoms with E-state index in [4.69, 9.17) is 0 Å². The van der Waals surface area contributed by atoms with E-state index in [0.717, 1.165) is 0 Å². The number of hydrogen-bond acceptors (Lipinski definition) is 0. The van der Waals surface area contributed by atoms with Crippen molar-refractivity contribution in [1.82, 2.24) is 0 Å². The van der Waals surface area contributed by atoms with Crippen molar-refractivity contribution in [1.29, 1.82) is 0 Å². The fraction of sp³-hybridized carbons (Fsp3) is 0.143. The molecule has 0 nitrogen and oxygen atoms in total. The lowest BCUT2D eigenvalue weighted by molar-refractivity contribution is 0.444. The highest BCUT2D eigenvalue weighted by Gasteiger charge is 2.22. The highest BCUT2D eigenvalue weighted by Crippen LogP contribution is 2.31. The van der Waals surface area contributed by atoms with Crippen LogP contribution in [0.1, 0.15) is 30.5 Å². The summed E-state index contributed by atoms with van der Waals surface area (Å²) >= 11 is 0. The molecule has 0 aliphatic heterocycles. The molecule has 0 heterocycles. The Balaban J connectivity index is 3.85. The lowest BCUT2D eigenvalue weighted by atomic mass is 9.94. The molecule has 0 fully saturated rings. The topological polar surface area (TPSA) is 0 Å². The summed E-state index contributed by atoms with van der Waals surface area (Å²) in [5, 5.41) is 0. The van der Waals surface area contributed by atoms with Crippen molar-refractivity contribution in [3.05, 3.63) is 53.4 Å². The molecule has 0 spiro atoms. The van der Waals surface area contributed by atoms with E-state index >= 15 is 0 Å². The molecule has 0 amide bonds. The molecule has 0 aliphatic rings. The van der Waals surface area contributed by atoms with E-state index in [9.17, 15) is 13.2 Å². The van der Waals surface area contributed by atoms with Gasteiger partial charge in [-0.2, -0.15) is 0 Å². The predicted octanol–water partition coefficient (Wildman–Crippen LogP) is 4.81. The van der Waals surface area contributed by atoms with Gasteiger partial charge in [-0.1, -0.05) is 31.4 Å². The number of benzene rings is 1. The van der Waals surface area contributed by atoms with Gasteiger partial charge in [0.25, 0.3) is 0 Å². The molecule has 0 saturated carbocycles. The van der Waals surface area contributed by atoms with Gasteiger partial charge < -0.3 is 0 Å². The standard InChI is InChI=1S/C14H13F3/c1-5-7-10-9(6-2)12(15)14(17)13(16)11(10)8(3)4/h5-7H,2-3H2,1,4H3/b7-5+. The maximum Gasteiger partial charge on any atom is 0.195 e. The zero-order chi connectivity index (χ0) is 13.2. The zero-order valence-corrected chi connectivity index (χ0v) is 9.78. The molecule has 90 valence electrons. The third-order valence-corrected chi connectivity index (χ3v) is 2.37. The molecule has 1 rings (SSSR count). The summed E-state index contributed by atoms with van der Waals surface area (Å²) in [4.78, 5) is 0. The SMILES string of the molecule is C=Cc1c(F)c(F)c(F)c(C(=C)C)c1/C=C/C. The molecule has 1 aromatic carbocycles. The lowest BCUT2D eigenvalue weighted by Crippen LogP contribution is -2.04. The minimum absolute atomic E-state index is 0.0168. The van der Waals surface area contributed by atoms with Crippen LogP contribution in [0.5, 0.6) is 0 Å². The average Bonchev–Trinajstić information content (AvgIpc) is 2.27. The van der Waals surface area contributed by atoms with Gasteiger partial charge in [-0.15, -0.1) is 0 Å². The molecule has 0 atom stereocenters. The van der Waals surface area contributed by atoms with E-state index < -0.39 is 17.5 Å². The fourth-order valence-corrected chi connectivity index (χ4v) is 1.65. The second kappa shape index (κ2) is 5.04. The van der Waals surface area contributed by atoms with Gasteiger partial charge in [-0.05, 0) is 25.0 Å². The molecule has 17 heavy (non-hydrogen) atoms. The smallest absolute Gasteiger partial charge is 0.195 e. The Kier molecular flexibility index (Phi) is 3.94. The van der Waals surface area contributed by atoms with Crippen LogP contribution in [0.4, 0.5) is 13.2 Å². The summed E-state index contributed by atoms with van der Waals surface area (Å²) in [7, 11) is 0. The first-order chi connectivity index (χ1) is 7.95. The Morgan fingerprint density at radius 1 is 1.06 bits per heavy atom. The van der Waals surface area contributed by atoms with Crippen LogP contribution in [0.2, 0.25) is 0 Å². The molecular weight excluding hydrogens is 225 g/mol. The van der Waals surface area contributed by atoms with Gasteiger partial charge in [0, 0.05) is 11.1 Å². The largest absolute Gasteiger partial charge is 0.203 e. The van der Waals surface area contributed by atoms with Crippen molar-refractivity contribution >= 4 is 17.7 Å². The Morgan fingerprint density at radius 3 is 2.06 bits per heavy atom. The molecule has 0 unspecified atom stereocenters. The van der Waals surface area contributed by atoms with Crippen molar-refractivity contribution in [2.75, 3.05) is 0 Å². The first kappa shape index (κ1) is 13.3. The second-order valence-electron chi connectivity index (χ2n) is 3.63. The third kappa shape index (κ3) is 2.18. The molecule has 0 saturated heterocycles. The summed E-state index contributed by atoms with van der Waals surface area (Å²) in [6, 6.07) is 0. The van der Waals surface area contributed by atoms with Gasteiger partial charge in [0.2, 0.25) is 0 Å². The molecule has 0 aliphatic carbocycles. The minimum atomic E-state index is -1.49. The van der Waals surface area contributed by atoms with Crippen LogP contribution in [0, 0.1) is 17.5 Å². The summed E-state index contributed by atoms with van der Waals surface area (Å²) in [6.45, 7) is 10.2. The summed E-state index contributed by atoms with van der Waals surface area (Å²) in [5.41, 5.74) is 0.515. The van der Waals surface area contributed by atoms with Gasteiger partial charge in [0.1, 0.15) is 0 Å². The third-order valence-electron chi connectivity index (χ3n) is 2.37. The van der Waals surface area contributed by atoms with Crippen LogP contribution in [-0.4, -0.2) is 0 Å². The van der Waals surface area contributed by atoms with Crippen molar-refractivity contribution in [2.45, 2.75) is 13.8 Å². The molecule has 1 aromatic rings. The van der Waals surface area contributed by atoms with Crippen LogP contribution >= 0.6 is 0 Å². The molecule has 0 N–H and O–H groups in total.